The molecule has 0 aromatic heterocycles. The fourth-order valence-electron chi connectivity index (χ4n) is 2.40. The van der Waals surface area contributed by atoms with Crippen molar-refractivity contribution in [2.24, 2.45) is 5.10 Å². The first-order valence-electron chi connectivity index (χ1n) is 8.59. The zero-order valence-corrected chi connectivity index (χ0v) is 17.5. The standard InChI is InChI=1S/C22H18Cl2N2OS/c1-15(17-6-8-19(23)9-7-17)25-26-22(27)18-4-2-16(3-5-18)14-28-21-12-10-20(24)11-13-21/h2-13H,14H2,1H3,(H,26,27)/b25-15-. The van der Waals surface area contributed by atoms with Crippen LogP contribution in [-0.4, -0.2) is 11.6 Å². The summed E-state index contributed by atoms with van der Waals surface area (Å²) in [5.41, 5.74) is 5.90. The molecule has 3 nitrogen and oxygen atoms in total. The highest BCUT2D eigenvalue weighted by molar-refractivity contribution is 7.98. The molecule has 0 fully saturated rings. The van der Waals surface area contributed by atoms with E-state index < -0.39 is 0 Å². The molecule has 0 atom stereocenters. The van der Waals surface area contributed by atoms with Gasteiger partial charge in [0.15, 0.2) is 0 Å². The van der Waals surface area contributed by atoms with E-state index in [4.69, 9.17) is 23.2 Å². The van der Waals surface area contributed by atoms with Gasteiger partial charge in [0.05, 0.1) is 5.71 Å². The summed E-state index contributed by atoms with van der Waals surface area (Å²) >= 11 is 13.5. The van der Waals surface area contributed by atoms with Crippen molar-refractivity contribution in [2.75, 3.05) is 0 Å². The van der Waals surface area contributed by atoms with Crippen LogP contribution in [0.2, 0.25) is 10.0 Å². The van der Waals surface area contributed by atoms with Crippen LogP contribution >= 0.6 is 35.0 Å². The van der Waals surface area contributed by atoms with Crippen LogP contribution in [0, 0.1) is 0 Å². The quantitative estimate of drug-likeness (QED) is 0.278. The van der Waals surface area contributed by atoms with Crippen LogP contribution in [0.3, 0.4) is 0 Å². The van der Waals surface area contributed by atoms with Gasteiger partial charge >= 0.3 is 0 Å². The minimum Gasteiger partial charge on any atom is -0.267 e. The molecule has 0 aliphatic heterocycles. The van der Waals surface area contributed by atoms with Gasteiger partial charge in [0.25, 0.3) is 5.91 Å². The summed E-state index contributed by atoms with van der Waals surface area (Å²) in [5, 5.41) is 5.56. The first-order valence-corrected chi connectivity index (χ1v) is 10.3. The van der Waals surface area contributed by atoms with Gasteiger partial charge in [-0.15, -0.1) is 11.8 Å². The molecule has 3 aromatic rings. The Kier molecular flexibility index (Phi) is 7.15. The Balaban J connectivity index is 1.56. The summed E-state index contributed by atoms with van der Waals surface area (Å²) in [7, 11) is 0. The Morgan fingerprint density at radius 3 is 2.00 bits per heavy atom. The highest BCUT2D eigenvalue weighted by Crippen LogP contribution is 2.24. The van der Waals surface area contributed by atoms with Gasteiger partial charge in [0.1, 0.15) is 0 Å². The molecule has 6 heteroatoms. The van der Waals surface area contributed by atoms with Gasteiger partial charge in [-0.25, -0.2) is 5.43 Å². The Bertz CT molecular complexity index is 969. The van der Waals surface area contributed by atoms with Crippen LogP contribution in [0.25, 0.3) is 0 Å². The number of nitrogens with one attached hydrogen (secondary N) is 1. The van der Waals surface area contributed by atoms with Crippen molar-refractivity contribution in [3.05, 3.63) is 99.5 Å². The predicted octanol–water partition coefficient (Wildman–Crippen LogP) is 6.44. The number of carbonyl (C=O) groups excluding carboxylic acids is 1. The third kappa shape index (κ3) is 5.86. The van der Waals surface area contributed by atoms with E-state index in [2.05, 4.69) is 10.5 Å². The van der Waals surface area contributed by atoms with E-state index in [0.717, 1.165) is 26.8 Å². The smallest absolute Gasteiger partial charge is 0.267 e. The molecule has 0 unspecified atom stereocenters. The zero-order chi connectivity index (χ0) is 19.9. The Hall–Kier alpha value is -2.27. The van der Waals surface area contributed by atoms with Crippen LogP contribution in [0.1, 0.15) is 28.4 Å². The molecule has 1 N–H and O–H groups in total. The Labute approximate surface area is 178 Å². The molecule has 0 heterocycles. The van der Waals surface area contributed by atoms with Gasteiger partial charge in [-0.1, -0.05) is 47.5 Å². The van der Waals surface area contributed by atoms with Gasteiger partial charge < -0.3 is 0 Å². The lowest BCUT2D eigenvalue weighted by Crippen LogP contribution is -2.19. The maximum absolute atomic E-state index is 12.3. The van der Waals surface area contributed by atoms with Crippen molar-refractivity contribution in [1.29, 1.82) is 0 Å². The minimum absolute atomic E-state index is 0.245. The SMILES string of the molecule is C/C(=N/NC(=O)c1ccc(CSc2ccc(Cl)cc2)cc1)c1ccc(Cl)cc1. The topological polar surface area (TPSA) is 41.5 Å². The Morgan fingerprint density at radius 2 is 1.39 bits per heavy atom. The fraction of sp³-hybridized carbons (Fsp3) is 0.0909. The molecule has 28 heavy (non-hydrogen) atoms. The van der Waals surface area contributed by atoms with E-state index in [1.54, 1.807) is 36.0 Å². The summed E-state index contributed by atoms with van der Waals surface area (Å²) in [5.74, 6) is 0.572. The molecule has 0 saturated carbocycles. The second-order valence-electron chi connectivity index (χ2n) is 6.08. The second kappa shape index (κ2) is 9.78. The first kappa shape index (κ1) is 20.5. The molecule has 0 radical (unpaired) electrons. The predicted molar refractivity (Wildman–Crippen MR) is 119 cm³/mol. The van der Waals surface area contributed by atoms with Crippen molar-refractivity contribution < 1.29 is 4.79 Å². The number of hydrogen-bond donors (Lipinski definition) is 1. The van der Waals surface area contributed by atoms with Crippen molar-refractivity contribution >= 4 is 46.6 Å². The summed E-state index contributed by atoms with van der Waals surface area (Å²) in [6.45, 7) is 1.83. The fourth-order valence-corrected chi connectivity index (χ4v) is 3.51. The van der Waals surface area contributed by atoms with Crippen LogP contribution in [-0.2, 0) is 5.75 Å². The largest absolute Gasteiger partial charge is 0.271 e. The lowest BCUT2D eigenvalue weighted by atomic mass is 10.1. The van der Waals surface area contributed by atoms with E-state index >= 15 is 0 Å². The van der Waals surface area contributed by atoms with Gasteiger partial charge in [0.2, 0.25) is 0 Å². The van der Waals surface area contributed by atoms with Crippen LogP contribution < -0.4 is 5.43 Å². The molecule has 0 bridgehead atoms. The molecule has 0 spiro atoms. The van der Waals surface area contributed by atoms with E-state index in [0.29, 0.717) is 16.3 Å². The monoisotopic (exact) mass is 428 g/mol. The third-order valence-electron chi connectivity index (χ3n) is 4.02. The average Bonchev–Trinajstić information content (AvgIpc) is 2.72. The normalized spacial score (nSPS) is 11.3. The summed E-state index contributed by atoms with van der Waals surface area (Å²) in [6.07, 6.45) is 0. The van der Waals surface area contributed by atoms with Crippen LogP contribution in [0.4, 0.5) is 0 Å². The third-order valence-corrected chi connectivity index (χ3v) is 5.61. The maximum Gasteiger partial charge on any atom is 0.271 e. The summed E-state index contributed by atoms with van der Waals surface area (Å²) in [4.78, 5) is 13.5. The lowest BCUT2D eigenvalue weighted by molar-refractivity contribution is 0.0955. The molecule has 0 aliphatic rings. The van der Waals surface area contributed by atoms with Crippen molar-refractivity contribution in [3.8, 4) is 0 Å². The minimum atomic E-state index is -0.245. The number of halogens is 2. The van der Waals surface area contributed by atoms with Crippen molar-refractivity contribution in [1.82, 2.24) is 5.43 Å². The number of nitrogens with zero attached hydrogens (tertiary/aromatic N) is 1. The Morgan fingerprint density at radius 1 is 0.857 bits per heavy atom. The summed E-state index contributed by atoms with van der Waals surface area (Å²) < 4.78 is 0. The molecule has 3 rings (SSSR count). The number of thioether (sulfide) groups is 1. The van der Waals surface area contributed by atoms with Crippen LogP contribution in [0.5, 0.6) is 0 Å². The second-order valence-corrected chi connectivity index (χ2v) is 8.01. The van der Waals surface area contributed by atoms with Gasteiger partial charge in [-0.3, -0.25) is 4.79 Å². The first-order chi connectivity index (χ1) is 13.5. The van der Waals surface area contributed by atoms with E-state index in [-0.39, 0.29) is 5.91 Å². The molecule has 142 valence electrons. The molecule has 3 aromatic carbocycles. The highest BCUT2D eigenvalue weighted by Gasteiger charge is 2.06. The molecule has 0 aliphatic carbocycles. The maximum atomic E-state index is 12.3. The zero-order valence-electron chi connectivity index (χ0n) is 15.2. The number of benzene rings is 3. The van der Waals surface area contributed by atoms with E-state index in [1.807, 2.05) is 55.5 Å². The number of hydrazone groups is 1. The number of hydrogen-bond acceptors (Lipinski definition) is 3. The molecule has 1 amide bonds. The van der Waals surface area contributed by atoms with Gasteiger partial charge in [-0.2, -0.15) is 5.10 Å². The van der Waals surface area contributed by atoms with Gasteiger partial charge in [0, 0.05) is 26.3 Å². The van der Waals surface area contributed by atoms with E-state index in [1.165, 1.54) is 0 Å². The van der Waals surface area contributed by atoms with Crippen LogP contribution in [0.15, 0.2) is 82.8 Å². The number of amides is 1. The average molecular weight is 429 g/mol. The van der Waals surface area contributed by atoms with Crippen molar-refractivity contribution in [3.63, 3.8) is 0 Å². The van der Waals surface area contributed by atoms with Crippen molar-refractivity contribution in [2.45, 2.75) is 17.6 Å². The number of rotatable bonds is 6. The lowest BCUT2D eigenvalue weighted by Gasteiger charge is -2.05. The summed E-state index contributed by atoms with van der Waals surface area (Å²) in [6, 6.07) is 22.6. The number of carbonyl (C=O) groups is 1. The molecular formula is C22H18Cl2N2OS. The highest BCUT2D eigenvalue weighted by atomic mass is 35.5. The molecule has 0 saturated heterocycles. The molecular weight excluding hydrogens is 411 g/mol. The van der Waals surface area contributed by atoms with Gasteiger partial charge in [-0.05, 0) is 66.6 Å². The van der Waals surface area contributed by atoms with E-state index in [9.17, 15) is 4.79 Å².